The van der Waals surface area contributed by atoms with Crippen molar-refractivity contribution < 1.29 is 9.00 Å². The van der Waals surface area contributed by atoms with Crippen molar-refractivity contribution >= 4 is 28.3 Å². The Balaban J connectivity index is 1.89. The summed E-state index contributed by atoms with van der Waals surface area (Å²) in [6, 6.07) is 3.98. The molecule has 2 atom stereocenters. The van der Waals surface area contributed by atoms with Crippen molar-refractivity contribution in [2.45, 2.75) is 13.3 Å². The molecule has 1 unspecified atom stereocenters. The second-order valence-electron chi connectivity index (χ2n) is 6.11. The van der Waals surface area contributed by atoms with E-state index in [0.717, 1.165) is 24.3 Å². The molecule has 1 amide bonds. The summed E-state index contributed by atoms with van der Waals surface area (Å²) in [6.45, 7) is 4.29. The molecule has 0 aromatic carbocycles. The third-order valence-corrected chi connectivity index (χ3v) is 5.07. The van der Waals surface area contributed by atoms with Crippen LogP contribution in [-0.4, -0.2) is 51.2 Å². The van der Waals surface area contributed by atoms with Gasteiger partial charge in [0, 0.05) is 39.1 Å². The van der Waals surface area contributed by atoms with Crippen molar-refractivity contribution in [3.8, 4) is 0 Å². The van der Waals surface area contributed by atoms with Crippen LogP contribution < -0.4 is 9.62 Å². The zero-order valence-corrected chi connectivity index (χ0v) is 14.3. The lowest BCUT2D eigenvalue weighted by Crippen LogP contribution is -2.34. The monoisotopic (exact) mass is 335 g/mol. The van der Waals surface area contributed by atoms with E-state index >= 15 is 0 Å². The highest BCUT2D eigenvalue weighted by Crippen LogP contribution is 2.25. The standard InChI is InChI=1S/C15H21N5O2S/c1-11-4-6-19(10-11)12-5-7-20-14(8-12)13(9-16-20)15(21)17-23(22)18(2)3/h5,7-9,11H,4,6,10H2,1-3H3,(H,17,21)/t11-,23?/m0/s1. The van der Waals surface area contributed by atoms with E-state index in [9.17, 15) is 9.00 Å². The Morgan fingerprint density at radius 3 is 2.91 bits per heavy atom. The van der Waals surface area contributed by atoms with Gasteiger partial charge < -0.3 is 4.90 Å². The number of carbonyl (C=O) groups is 1. The molecule has 2 aromatic rings. The van der Waals surface area contributed by atoms with Crippen LogP contribution in [0.25, 0.3) is 5.52 Å². The van der Waals surface area contributed by atoms with E-state index < -0.39 is 11.2 Å². The Labute approximate surface area is 138 Å². The normalized spacial score (nSPS) is 19.5. The third kappa shape index (κ3) is 3.23. The molecule has 1 N–H and O–H groups in total. The predicted octanol–water partition coefficient (Wildman–Crippen LogP) is 1.05. The van der Waals surface area contributed by atoms with Gasteiger partial charge in [-0.15, -0.1) is 0 Å². The summed E-state index contributed by atoms with van der Waals surface area (Å²) in [4.78, 5) is 14.6. The highest BCUT2D eigenvalue weighted by atomic mass is 32.2. The summed E-state index contributed by atoms with van der Waals surface area (Å²) in [5, 5.41) is 4.20. The van der Waals surface area contributed by atoms with Crippen LogP contribution in [0.15, 0.2) is 24.5 Å². The Morgan fingerprint density at radius 1 is 1.48 bits per heavy atom. The second-order valence-corrected chi connectivity index (χ2v) is 7.54. The molecule has 3 rings (SSSR count). The molecule has 3 heterocycles. The first-order valence-electron chi connectivity index (χ1n) is 7.58. The fourth-order valence-corrected chi connectivity index (χ4v) is 3.19. The van der Waals surface area contributed by atoms with Crippen LogP contribution in [0.1, 0.15) is 23.7 Å². The zero-order chi connectivity index (χ0) is 16.6. The van der Waals surface area contributed by atoms with Crippen molar-refractivity contribution in [2.24, 2.45) is 5.92 Å². The van der Waals surface area contributed by atoms with Gasteiger partial charge in [0.15, 0.2) is 11.2 Å². The van der Waals surface area contributed by atoms with Gasteiger partial charge >= 0.3 is 0 Å². The number of hydrogen-bond donors (Lipinski definition) is 1. The molecule has 1 saturated heterocycles. The van der Waals surface area contributed by atoms with Crippen molar-refractivity contribution in [3.05, 3.63) is 30.1 Å². The van der Waals surface area contributed by atoms with E-state index in [1.54, 1.807) is 18.6 Å². The summed E-state index contributed by atoms with van der Waals surface area (Å²) in [6.07, 6.45) is 4.54. The van der Waals surface area contributed by atoms with Gasteiger partial charge in [-0.05, 0) is 24.5 Å². The fourth-order valence-electron chi connectivity index (χ4n) is 2.74. The number of amides is 1. The molecule has 0 radical (unpaired) electrons. The Bertz CT molecular complexity index is 757. The molecule has 124 valence electrons. The summed E-state index contributed by atoms with van der Waals surface area (Å²) in [5.74, 6) is 0.292. The molecule has 23 heavy (non-hydrogen) atoms. The van der Waals surface area contributed by atoms with Gasteiger partial charge in [0.05, 0.1) is 17.3 Å². The van der Waals surface area contributed by atoms with Gasteiger partial charge in [-0.25, -0.2) is 13.0 Å². The molecule has 2 aromatic heterocycles. The quantitative estimate of drug-likeness (QED) is 0.907. The van der Waals surface area contributed by atoms with Crippen molar-refractivity contribution in [3.63, 3.8) is 0 Å². The molecular weight excluding hydrogens is 314 g/mol. The van der Waals surface area contributed by atoms with Crippen LogP contribution in [0.2, 0.25) is 0 Å². The summed E-state index contributed by atoms with van der Waals surface area (Å²) >= 11 is -1.56. The Morgan fingerprint density at radius 2 is 2.26 bits per heavy atom. The SMILES string of the molecule is C[C@H]1CCN(c2ccn3ncc(C(=O)NS(=O)N(C)C)c3c2)C1. The minimum atomic E-state index is -1.56. The van der Waals surface area contributed by atoms with Gasteiger partial charge in [-0.1, -0.05) is 6.92 Å². The highest BCUT2D eigenvalue weighted by Gasteiger charge is 2.21. The Kier molecular flexibility index (Phi) is 4.36. The van der Waals surface area contributed by atoms with E-state index in [0.29, 0.717) is 11.5 Å². The highest BCUT2D eigenvalue weighted by molar-refractivity contribution is 7.81. The van der Waals surface area contributed by atoms with Crippen LogP contribution in [-0.2, 0) is 11.2 Å². The van der Waals surface area contributed by atoms with Crippen molar-refractivity contribution in [1.29, 1.82) is 0 Å². The molecular formula is C15H21N5O2S. The van der Waals surface area contributed by atoms with Crippen LogP contribution in [0, 0.1) is 5.92 Å². The maximum Gasteiger partial charge on any atom is 0.267 e. The molecule has 0 bridgehead atoms. The first-order valence-corrected chi connectivity index (χ1v) is 8.69. The Hall–Kier alpha value is -1.93. The average Bonchev–Trinajstić information content (AvgIpc) is 3.12. The van der Waals surface area contributed by atoms with E-state index in [1.807, 2.05) is 18.3 Å². The molecule has 8 heteroatoms. The molecule has 0 aliphatic carbocycles. The van der Waals surface area contributed by atoms with E-state index in [-0.39, 0.29) is 5.91 Å². The number of hydrogen-bond acceptors (Lipinski definition) is 4. The molecule has 1 aliphatic heterocycles. The number of nitrogens with zero attached hydrogens (tertiary/aromatic N) is 4. The third-order valence-electron chi connectivity index (χ3n) is 4.05. The minimum Gasteiger partial charge on any atom is -0.371 e. The van der Waals surface area contributed by atoms with Crippen LogP contribution in [0.3, 0.4) is 0 Å². The second kappa shape index (κ2) is 6.29. The van der Waals surface area contributed by atoms with E-state index in [2.05, 4.69) is 21.6 Å². The predicted molar refractivity (Wildman–Crippen MR) is 90.5 cm³/mol. The zero-order valence-electron chi connectivity index (χ0n) is 13.5. The molecule has 0 spiro atoms. The number of nitrogens with one attached hydrogen (secondary N) is 1. The maximum atomic E-state index is 12.3. The number of anilines is 1. The van der Waals surface area contributed by atoms with E-state index in [1.165, 1.54) is 16.9 Å². The van der Waals surface area contributed by atoms with Crippen molar-refractivity contribution in [2.75, 3.05) is 32.1 Å². The van der Waals surface area contributed by atoms with Gasteiger partial charge in [0.1, 0.15) is 0 Å². The number of aromatic nitrogens is 2. The molecule has 1 fully saturated rings. The topological polar surface area (TPSA) is 70.0 Å². The largest absolute Gasteiger partial charge is 0.371 e. The van der Waals surface area contributed by atoms with Gasteiger partial charge in [0.25, 0.3) is 5.91 Å². The van der Waals surface area contributed by atoms with Crippen LogP contribution in [0.5, 0.6) is 0 Å². The lowest BCUT2D eigenvalue weighted by Gasteiger charge is -2.18. The van der Waals surface area contributed by atoms with Gasteiger partial charge in [0.2, 0.25) is 0 Å². The van der Waals surface area contributed by atoms with Crippen LogP contribution in [0.4, 0.5) is 5.69 Å². The first kappa shape index (κ1) is 15.9. The van der Waals surface area contributed by atoms with Gasteiger partial charge in [-0.3, -0.25) is 9.52 Å². The first-order chi connectivity index (χ1) is 11.0. The lowest BCUT2D eigenvalue weighted by atomic mass is 10.2. The molecule has 0 saturated carbocycles. The maximum absolute atomic E-state index is 12.3. The number of rotatable bonds is 4. The number of carbonyl (C=O) groups excluding carboxylic acids is 1. The smallest absolute Gasteiger partial charge is 0.267 e. The van der Waals surface area contributed by atoms with E-state index in [4.69, 9.17) is 0 Å². The molecule has 7 nitrogen and oxygen atoms in total. The number of pyridine rings is 1. The number of fused-ring (bicyclic) bond motifs is 1. The average molecular weight is 335 g/mol. The summed E-state index contributed by atoms with van der Waals surface area (Å²) < 4.78 is 17.3. The van der Waals surface area contributed by atoms with Gasteiger partial charge in [-0.2, -0.15) is 5.10 Å². The molecule has 1 aliphatic rings. The van der Waals surface area contributed by atoms with Crippen molar-refractivity contribution in [1.82, 2.24) is 18.6 Å². The fraction of sp³-hybridized carbons (Fsp3) is 0.467. The minimum absolute atomic E-state index is 0.390. The van der Waals surface area contributed by atoms with Crippen LogP contribution >= 0.6 is 0 Å². The summed E-state index contributed by atoms with van der Waals surface area (Å²) in [5.41, 5.74) is 2.23. The lowest BCUT2D eigenvalue weighted by molar-refractivity contribution is 0.0983. The summed E-state index contributed by atoms with van der Waals surface area (Å²) in [7, 11) is 3.28.